The minimum absolute atomic E-state index is 0.0370. The average Bonchev–Trinajstić information content (AvgIpc) is 3.86. The van der Waals surface area contributed by atoms with Crippen LogP contribution in [0.25, 0.3) is 33.4 Å². The van der Waals surface area contributed by atoms with Gasteiger partial charge in [-0.3, -0.25) is 29.3 Å². The Kier molecular flexibility index (Phi) is 14.2. The molecule has 15 nitrogen and oxygen atoms in total. The lowest BCUT2D eigenvalue weighted by Crippen LogP contribution is -2.64. The summed E-state index contributed by atoms with van der Waals surface area (Å²) in [7, 11) is 5.41. The molecule has 64 heavy (non-hydrogen) atoms. The van der Waals surface area contributed by atoms with E-state index in [0.29, 0.717) is 43.9 Å². The fourth-order valence-corrected chi connectivity index (χ4v) is 10.5. The highest BCUT2D eigenvalue weighted by molar-refractivity contribution is 7.10. The van der Waals surface area contributed by atoms with Crippen molar-refractivity contribution in [2.24, 2.45) is 11.3 Å². The van der Waals surface area contributed by atoms with Crippen molar-refractivity contribution in [2.45, 2.75) is 124 Å². The third-order valence-electron chi connectivity index (χ3n) is 13.3. The highest BCUT2D eigenvalue weighted by Crippen LogP contribution is 2.42. The number of hydrogen-bond donors (Lipinski definition) is 2. The molecule has 0 spiro atoms. The van der Waals surface area contributed by atoms with E-state index in [0.717, 1.165) is 51.2 Å². The van der Waals surface area contributed by atoms with Gasteiger partial charge in [-0.25, -0.2) is 15.2 Å². The zero-order chi connectivity index (χ0) is 46.2. The number of urea groups is 1. The number of aromatic nitrogens is 3. The number of benzene rings is 1. The number of hydrogen-bond acceptors (Lipinski definition) is 11. The second-order valence-corrected chi connectivity index (χ2v) is 20.1. The second kappa shape index (κ2) is 19.3. The fraction of sp³-hybridized carbons (Fsp3) is 0.583. The fourth-order valence-electron chi connectivity index (χ4n) is 9.63. The Morgan fingerprint density at radius 3 is 2.61 bits per heavy atom. The van der Waals surface area contributed by atoms with Crippen LogP contribution in [0.15, 0.2) is 41.9 Å². The lowest BCUT2D eigenvalue weighted by Gasteiger charge is -2.45. The maximum atomic E-state index is 14.6. The van der Waals surface area contributed by atoms with Crippen LogP contribution in [0.5, 0.6) is 0 Å². The number of ether oxygens (including phenoxy) is 2. The van der Waals surface area contributed by atoms with Crippen molar-refractivity contribution in [3.63, 3.8) is 0 Å². The maximum absolute atomic E-state index is 14.6. The van der Waals surface area contributed by atoms with Gasteiger partial charge in [0.2, 0.25) is 5.91 Å². The summed E-state index contributed by atoms with van der Waals surface area (Å²) in [6, 6.07) is 7.71. The van der Waals surface area contributed by atoms with E-state index in [4.69, 9.17) is 19.4 Å². The quantitative estimate of drug-likeness (QED) is 0.193. The molecule has 0 aliphatic carbocycles. The van der Waals surface area contributed by atoms with E-state index in [-0.39, 0.29) is 49.1 Å². The lowest BCUT2D eigenvalue weighted by molar-refractivity contribution is -0.155. The second-order valence-electron chi connectivity index (χ2n) is 19.1. The number of methoxy groups -OCH3 is 1. The van der Waals surface area contributed by atoms with E-state index in [1.54, 1.807) is 20.4 Å². The van der Waals surface area contributed by atoms with Gasteiger partial charge in [-0.15, -0.1) is 11.3 Å². The van der Waals surface area contributed by atoms with Gasteiger partial charge in [0.15, 0.2) is 0 Å². The summed E-state index contributed by atoms with van der Waals surface area (Å²) in [6.07, 6.45) is 3.30. The van der Waals surface area contributed by atoms with Crippen molar-refractivity contribution in [3.05, 3.63) is 58.2 Å². The van der Waals surface area contributed by atoms with Crippen LogP contribution in [0, 0.1) is 11.3 Å². The first-order valence-corrected chi connectivity index (χ1v) is 23.7. The van der Waals surface area contributed by atoms with Crippen LogP contribution >= 0.6 is 11.3 Å². The van der Waals surface area contributed by atoms with Gasteiger partial charge in [0.25, 0.3) is 5.91 Å². The summed E-state index contributed by atoms with van der Waals surface area (Å²) in [4.78, 5) is 72.6. The summed E-state index contributed by atoms with van der Waals surface area (Å²) in [5.74, 6) is -1.52. The predicted octanol–water partition coefficient (Wildman–Crippen LogP) is 6.30. The molecule has 2 fully saturated rings. The van der Waals surface area contributed by atoms with Crippen molar-refractivity contribution in [2.75, 3.05) is 47.4 Å². The van der Waals surface area contributed by atoms with E-state index < -0.39 is 35.4 Å². The van der Waals surface area contributed by atoms with Gasteiger partial charge in [0.05, 0.1) is 34.8 Å². The highest BCUT2D eigenvalue weighted by atomic mass is 32.1. The molecule has 3 aromatic heterocycles. The highest BCUT2D eigenvalue weighted by Gasteiger charge is 2.40. The van der Waals surface area contributed by atoms with Crippen molar-refractivity contribution in [3.8, 4) is 22.5 Å². The molecule has 1 aromatic carbocycles. The summed E-state index contributed by atoms with van der Waals surface area (Å²) in [5.41, 5.74) is 9.40. The van der Waals surface area contributed by atoms with Crippen molar-refractivity contribution in [1.29, 1.82) is 0 Å². The van der Waals surface area contributed by atoms with Crippen LogP contribution in [0.4, 0.5) is 4.79 Å². The predicted molar refractivity (Wildman–Crippen MR) is 249 cm³/mol. The first-order valence-electron chi connectivity index (χ1n) is 22.8. The summed E-state index contributed by atoms with van der Waals surface area (Å²) in [6.45, 7) is 18.7. The molecule has 0 saturated carbocycles. The first kappa shape index (κ1) is 47.1. The van der Waals surface area contributed by atoms with Crippen molar-refractivity contribution >= 4 is 46.1 Å². The molecule has 346 valence electrons. The molecule has 2 N–H and O–H groups in total. The largest absolute Gasteiger partial charge is 0.464 e. The normalized spacial score (nSPS) is 23.1. The standard InChI is InChI=1S/C48H67N9O6S/c1-12-55-39-18-17-32-21-34(39)35(43(55)33-15-13-19-49-41(33)31(6)62-11)23-48(7,8)27-63-46(60)36-16-14-20-57(52-36)45(59)37(22-40-50-38(32)26-64-40)51-44(58)42(28(2)3)54(10)47(61)56-25-29(4)53(9)24-30(56)5/h13,15,17-19,21,26,28-31,36-37,42,52H,12,14,16,20,22-25,27H2,1-11H3,(H,51,58)/t29-,30+,31-,36-,37-,42-/m0/s1. The number of rotatable bonds is 8. The molecule has 0 radical (unpaired) electrons. The Hall–Kier alpha value is -4.90. The Morgan fingerprint density at radius 2 is 1.89 bits per heavy atom. The van der Waals surface area contributed by atoms with Gasteiger partial charge in [-0.2, -0.15) is 0 Å². The van der Waals surface area contributed by atoms with Crippen molar-refractivity contribution in [1.82, 2.24) is 45.0 Å². The Bertz CT molecular complexity index is 2360. The summed E-state index contributed by atoms with van der Waals surface area (Å²) in [5, 5.41) is 8.24. The van der Waals surface area contributed by atoms with E-state index in [9.17, 15) is 19.2 Å². The number of carbonyl (C=O) groups excluding carboxylic acids is 4. The molecular weight excluding hydrogens is 831 g/mol. The molecule has 6 atom stereocenters. The third-order valence-corrected chi connectivity index (χ3v) is 14.2. The molecule has 16 heteroatoms. The molecule has 4 amide bonds. The monoisotopic (exact) mass is 897 g/mol. The molecule has 6 bridgehead atoms. The number of amides is 4. The Morgan fingerprint density at radius 1 is 1.12 bits per heavy atom. The number of hydrazine groups is 1. The number of fused-ring (bicyclic) bond motifs is 6. The zero-order valence-corrected chi connectivity index (χ0v) is 40.3. The van der Waals surface area contributed by atoms with Gasteiger partial charge in [-0.05, 0) is 89.8 Å². The lowest BCUT2D eigenvalue weighted by atomic mass is 9.84. The molecule has 6 heterocycles. The zero-order valence-electron chi connectivity index (χ0n) is 39.4. The van der Waals surface area contributed by atoms with Gasteiger partial charge in [0.1, 0.15) is 18.1 Å². The number of likely N-dealkylation sites (N-methyl/N-ethyl adjacent to an activating group) is 2. The van der Waals surface area contributed by atoms with E-state index >= 15 is 0 Å². The van der Waals surface area contributed by atoms with Crippen LogP contribution in [0.2, 0.25) is 0 Å². The number of nitrogens with zero attached hydrogens (tertiary/aromatic N) is 7. The third kappa shape index (κ3) is 9.56. The summed E-state index contributed by atoms with van der Waals surface area (Å²) >= 11 is 1.43. The van der Waals surface area contributed by atoms with Crippen molar-refractivity contribution < 1.29 is 28.7 Å². The number of thiazole rings is 1. The SMILES string of the molecule is CCn1c(-c2cccnc2[C@H](C)OC)c2c3cc(ccc31)-c1csc(n1)C[C@H](NC(=O)[C@H](C(C)C)N(C)C(=O)N1C[C@H](C)N(C)C[C@H]1C)C(=O)N1CCC[C@H](N1)C(=O)OCC(C)(C)C2. The smallest absolute Gasteiger partial charge is 0.324 e. The van der Waals surface area contributed by atoms with Gasteiger partial charge < -0.3 is 29.2 Å². The minimum Gasteiger partial charge on any atom is -0.464 e. The summed E-state index contributed by atoms with van der Waals surface area (Å²) < 4.78 is 14.3. The minimum atomic E-state index is -1.04. The Labute approximate surface area is 381 Å². The molecule has 3 aliphatic rings. The van der Waals surface area contributed by atoms with E-state index in [1.807, 2.05) is 44.0 Å². The molecule has 4 aromatic rings. The van der Waals surface area contributed by atoms with Gasteiger partial charge in [-0.1, -0.05) is 33.8 Å². The van der Waals surface area contributed by atoms with Gasteiger partial charge in [0, 0.05) is 97.9 Å². The topological polar surface area (TPSA) is 154 Å². The first-order chi connectivity index (χ1) is 30.4. The number of nitrogens with one attached hydrogen (secondary N) is 2. The van der Waals surface area contributed by atoms with Crippen LogP contribution in [-0.2, 0) is 43.2 Å². The molecule has 2 saturated heterocycles. The van der Waals surface area contributed by atoms with E-state index in [2.05, 4.69) is 79.2 Å². The maximum Gasteiger partial charge on any atom is 0.324 e. The van der Waals surface area contributed by atoms with Gasteiger partial charge >= 0.3 is 12.0 Å². The Balaban J connectivity index is 1.28. The molecule has 0 unspecified atom stereocenters. The van der Waals surface area contributed by atoms with E-state index in [1.165, 1.54) is 21.2 Å². The van der Waals surface area contributed by atoms with Crippen LogP contribution in [-0.4, -0.2) is 136 Å². The number of carbonyl (C=O) groups is 4. The van der Waals surface area contributed by atoms with Crippen LogP contribution < -0.4 is 10.7 Å². The average molecular weight is 898 g/mol. The number of esters is 1. The molecule has 3 aliphatic heterocycles. The number of aryl methyl sites for hydroxylation is 1. The number of piperazine rings is 1. The van der Waals surface area contributed by atoms with Crippen LogP contribution in [0.1, 0.15) is 90.6 Å². The number of pyridine rings is 1. The molecule has 7 rings (SSSR count). The molecular formula is C48H67N9O6S. The number of cyclic esters (lactones) is 1. The van der Waals surface area contributed by atoms with Crippen LogP contribution in [0.3, 0.4) is 0 Å².